The number of aromatic nitrogens is 1. The minimum atomic E-state index is -4.46. The second kappa shape index (κ2) is 10.6. The van der Waals surface area contributed by atoms with Crippen molar-refractivity contribution in [3.63, 3.8) is 0 Å². The van der Waals surface area contributed by atoms with E-state index in [2.05, 4.69) is 15.6 Å². The van der Waals surface area contributed by atoms with Gasteiger partial charge in [-0.2, -0.15) is 13.2 Å². The molecule has 3 aromatic rings. The van der Waals surface area contributed by atoms with Crippen LogP contribution < -0.4 is 20.1 Å². The van der Waals surface area contributed by atoms with Crippen LogP contribution in [0, 0.1) is 6.92 Å². The first-order valence-electron chi connectivity index (χ1n) is 10.1. The van der Waals surface area contributed by atoms with Gasteiger partial charge in [-0.15, -0.1) is 11.3 Å². The maximum absolute atomic E-state index is 12.6. The number of ether oxygens (including phenoxy) is 2. The Bertz CT molecular complexity index is 1180. The highest BCUT2D eigenvalue weighted by Gasteiger charge is 2.30. The van der Waals surface area contributed by atoms with E-state index in [-0.39, 0.29) is 24.6 Å². The van der Waals surface area contributed by atoms with Gasteiger partial charge >= 0.3 is 6.18 Å². The minimum absolute atomic E-state index is 0.0946. The van der Waals surface area contributed by atoms with Crippen molar-refractivity contribution in [2.45, 2.75) is 13.1 Å². The number of halogens is 3. The van der Waals surface area contributed by atoms with E-state index in [4.69, 9.17) is 9.47 Å². The van der Waals surface area contributed by atoms with Gasteiger partial charge in [0, 0.05) is 24.2 Å². The zero-order valence-corrected chi connectivity index (χ0v) is 19.4. The summed E-state index contributed by atoms with van der Waals surface area (Å²) >= 11 is 1.22. The maximum Gasteiger partial charge on any atom is 0.416 e. The maximum atomic E-state index is 12.6. The number of carbonyl (C=O) groups excluding carboxylic acids is 2. The number of carbonyl (C=O) groups is 2. The van der Waals surface area contributed by atoms with Crippen LogP contribution in [-0.2, 0) is 6.18 Å². The van der Waals surface area contributed by atoms with Gasteiger partial charge in [0.1, 0.15) is 9.88 Å². The van der Waals surface area contributed by atoms with Crippen LogP contribution >= 0.6 is 11.3 Å². The Hall–Kier alpha value is -3.60. The van der Waals surface area contributed by atoms with Crippen LogP contribution in [0.25, 0.3) is 10.6 Å². The molecular formula is C23H22F3N3O4S. The first kappa shape index (κ1) is 25.0. The molecule has 34 heavy (non-hydrogen) atoms. The van der Waals surface area contributed by atoms with Gasteiger partial charge in [0.05, 0.1) is 25.5 Å². The third-order valence-corrected chi connectivity index (χ3v) is 6.01. The largest absolute Gasteiger partial charge is 0.493 e. The molecule has 3 rings (SSSR count). The number of methoxy groups -OCH3 is 2. The van der Waals surface area contributed by atoms with E-state index in [1.54, 1.807) is 26.2 Å². The number of aryl methyl sites for hydroxylation is 1. The fraction of sp³-hybridized carbons (Fsp3) is 0.261. The van der Waals surface area contributed by atoms with E-state index in [0.717, 1.165) is 29.8 Å². The fourth-order valence-electron chi connectivity index (χ4n) is 3.04. The summed E-state index contributed by atoms with van der Waals surface area (Å²) in [5.74, 6) is 0.247. The van der Waals surface area contributed by atoms with Crippen molar-refractivity contribution in [3.8, 4) is 22.1 Å². The van der Waals surface area contributed by atoms with Gasteiger partial charge < -0.3 is 20.1 Å². The fourth-order valence-corrected chi connectivity index (χ4v) is 4.02. The van der Waals surface area contributed by atoms with Gasteiger partial charge in [-0.1, -0.05) is 0 Å². The van der Waals surface area contributed by atoms with E-state index in [9.17, 15) is 22.8 Å². The Kier molecular flexibility index (Phi) is 7.77. The number of benzene rings is 2. The second-order valence-corrected chi connectivity index (χ2v) is 8.09. The van der Waals surface area contributed by atoms with Crippen molar-refractivity contribution in [1.82, 2.24) is 15.6 Å². The van der Waals surface area contributed by atoms with Crippen LogP contribution in [0.1, 0.15) is 31.3 Å². The lowest BCUT2D eigenvalue weighted by atomic mass is 10.1. The number of rotatable bonds is 8. The number of thiazole rings is 1. The summed E-state index contributed by atoms with van der Waals surface area (Å²) < 4.78 is 48.4. The van der Waals surface area contributed by atoms with Crippen molar-refractivity contribution < 1.29 is 32.2 Å². The Morgan fingerprint density at radius 3 is 2.15 bits per heavy atom. The predicted molar refractivity (Wildman–Crippen MR) is 122 cm³/mol. The number of nitrogens with one attached hydrogen (secondary N) is 2. The van der Waals surface area contributed by atoms with Gasteiger partial charge in [-0.25, -0.2) is 4.98 Å². The lowest BCUT2D eigenvalue weighted by Crippen LogP contribution is -2.34. The standard InChI is InChI=1S/C23H22F3N3O4S/c1-13-19(34-22(29-13)15-6-9-17(32-2)18(12-15)33-3)21(31)28-11-10-27-20(30)14-4-7-16(8-5-14)23(24,25)26/h4-9,12H,10-11H2,1-3H3,(H,27,30)(H,28,31). The highest BCUT2D eigenvalue weighted by molar-refractivity contribution is 7.17. The second-order valence-electron chi connectivity index (χ2n) is 7.09. The molecule has 0 saturated carbocycles. The molecule has 0 bridgehead atoms. The van der Waals surface area contributed by atoms with E-state index in [1.165, 1.54) is 18.4 Å². The minimum Gasteiger partial charge on any atom is -0.493 e. The molecule has 1 aromatic heterocycles. The first-order chi connectivity index (χ1) is 16.1. The number of nitrogens with zero attached hydrogens (tertiary/aromatic N) is 1. The summed E-state index contributed by atoms with van der Waals surface area (Å²) in [6.07, 6.45) is -4.46. The number of hydrogen-bond donors (Lipinski definition) is 2. The Morgan fingerprint density at radius 1 is 0.941 bits per heavy atom. The molecule has 0 aliphatic rings. The predicted octanol–water partition coefficient (Wildman–Crippen LogP) is 4.31. The van der Waals surface area contributed by atoms with Crippen LogP contribution in [0.2, 0.25) is 0 Å². The summed E-state index contributed by atoms with van der Waals surface area (Å²) in [6, 6.07) is 9.25. The smallest absolute Gasteiger partial charge is 0.416 e. The molecule has 0 unspecified atom stereocenters. The SMILES string of the molecule is COc1ccc(-c2nc(C)c(C(=O)NCCNC(=O)c3ccc(C(F)(F)F)cc3)s2)cc1OC. The molecule has 2 N–H and O–H groups in total. The molecule has 0 radical (unpaired) electrons. The molecule has 11 heteroatoms. The summed E-state index contributed by atoms with van der Waals surface area (Å²) in [6.45, 7) is 1.96. The van der Waals surface area contributed by atoms with Crippen molar-refractivity contribution in [3.05, 3.63) is 64.2 Å². The molecular weight excluding hydrogens is 471 g/mol. The number of alkyl halides is 3. The summed E-state index contributed by atoms with van der Waals surface area (Å²) in [5, 5.41) is 5.90. The van der Waals surface area contributed by atoms with E-state index in [1.807, 2.05) is 6.07 Å². The average Bonchev–Trinajstić information content (AvgIpc) is 3.22. The van der Waals surface area contributed by atoms with Gasteiger partial charge in [-0.05, 0) is 49.4 Å². The van der Waals surface area contributed by atoms with Crippen molar-refractivity contribution >= 4 is 23.2 Å². The number of hydrogen-bond acceptors (Lipinski definition) is 6. The van der Waals surface area contributed by atoms with E-state index >= 15 is 0 Å². The Labute approximate surface area is 197 Å². The van der Waals surface area contributed by atoms with Crippen LogP contribution in [0.5, 0.6) is 11.5 Å². The topological polar surface area (TPSA) is 89.5 Å². The van der Waals surface area contributed by atoms with Crippen molar-refractivity contribution in [2.24, 2.45) is 0 Å². The van der Waals surface area contributed by atoms with Crippen LogP contribution in [0.3, 0.4) is 0 Å². The first-order valence-corrected chi connectivity index (χ1v) is 10.9. The molecule has 0 spiro atoms. The van der Waals surface area contributed by atoms with Gasteiger partial charge in [-0.3, -0.25) is 9.59 Å². The normalized spacial score (nSPS) is 11.1. The summed E-state index contributed by atoms with van der Waals surface area (Å²) in [5.41, 5.74) is 0.593. The molecule has 7 nitrogen and oxygen atoms in total. The van der Waals surface area contributed by atoms with Gasteiger partial charge in [0.2, 0.25) is 0 Å². The van der Waals surface area contributed by atoms with Gasteiger partial charge in [0.25, 0.3) is 11.8 Å². The van der Waals surface area contributed by atoms with Crippen LogP contribution in [-0.4, -0.2) is 44.1 Å². The third kappa shape index (κ3) is 5.84. The summed E-state index contributed by atoms with van der Waals surface area (Å²) in [7, 11) is 3.07. The molecule has 0 atom stereocenters. The molecule has 0 fully saturated rings. The highest BCUT2D eigenvalue weighted by atomic mass is 32.1. The zero-order chi connectivity index (χ0) is 24.9. The molecule has 2 amide bonds. The van der Waals surface area contributed by atoms with Crippen molar-refractivity contribution in [2.75, 3.05) is 27.3 Å². The van der Waals surface area contributed by atoms with E-state index < -0.39 is 17.6 Å². The quantitative estimate of drug-likeness (QED) is 0.457. The Balaban J connectivity index is 1.56. The monoisotopic (exact) mass is 493 g/mol. The average molecular weight is 494 g/mol. The van der Waals surface area contributed by atoms with E-state index in [0.29, 0.717) is 27.1 Å². The van der Waals surface area contributed by atoms with Crippen molar-refractivity contribution in [1.29, 1.82) is 0 Å². The third-order valence-electron chi connectivity index (χ3n) is 4.80. The molecule has 0 aliphatic heterocycles. The van der Waals surface area contributed by atoms with Crippen LogP contribution in [0.15, 0.2) is 42.5 Å². The van der Waals surface area contributed by atoms with Gasteiger partial charge in [0.15, 0.2) is 11.5 Å². The molecule has 180 valence electrons. The molecule has 0 aliphatic carbocycles. The molecule has 2 aromatic carbocycles. The zero-order valence-electron chi connectivity index (χ0n) is 18.6. The lowest BCUT2D eigenvalue weighted by molar-refractivity contribution is -0.137. The lowest BCUT2D eigenvalue weighted by Gasteiger charge is -2.09. The summed E-state index contributed by atoms with van der Waals surface area (Å²) in [4.78, 5) is 29.6. The molecule has 1 heterocycles. The molecule has 0 saturated heterocycles. The Morgan fingerprint density at radius 2 is 1.56 bits per heavy atom. The highest BCUT2D eigenvalue weighted by Crippen LogP contribution is 2.35. The van der Waals surface area contributed by atoms with Crippen LogP contribution in [0.4, 0.5) is 13.2 Å². The number of amides is 2.